The zero-order valence-electron chi connectivity index (χ0n) is 6.86. The van der Waals surface area contributed by atoms with Crippen molar-refractivity contribution in [1.82, 2.24) is 9.88 Å². The first-order valence-electron chi connectivity index (χ1n) is 3.54. The second kappa shape index (κ2) is 3.46. The molecule has 1 aromatic rings. The van der Waals surface area contributed by atoms with E-state index in [1.165, 1.54) is 0 Å². The summed E-state index contributed by atoms with van der Waals surface area (Å²) in [5, 5.41) is 0. The molecule has 0 aliphatic rings. The molecule has 1 aromatic heterocycles. The van der Waals surface area contributed by atoms with Gasteiger partial charge in [-0.15, -0.1) is 0 Å². The molecular weight excluding hydrogens is 138 g/mol. The fraction of sp³-hybridized carbons (Fsp3) is 0.375. The maximum absolute atomic E-state index is 5.84. The molecule has 3 nitrogen and oxygen atoms in total. The first-order chi connectivity index (χ1) is 5.22. The third kappa shape index (κ3) is 2.00. The minimum absolute atomic E-state index is 0.0296. The summed E-state index contributed by atoms with van der Waals surface area (Å²) in [7, 11) is 3.90. The van der Waals surface area contributed by atoms with Crippen LogP contribution < -0.4 is 5.73 Å². The van der Waals surface area contributed by atoms with Crippen molar-refractivity contribution in [3.8, 4) is 0 Å². The van der Waals surface area contributed by atoms with Gasteiger partial charge in [0.1, 0.15) is 0 Å². The van der Waals surface area contributed by atoms with Crippen LogP contribution in [0.25, 0.3) is 0 Å². The quantitative estimate of drug-likeness (QED) is 0.629. The van der Waals surface area contributed by atoms with E-state index in [9.17, 15) is 0 Å². The Kier molecular flexibility index (Phi) is 2.57. The van der Waals surface area contributed by atoms with Crippen molar-refractivity contribution in [3.63, 3.8) is 0 Å². The minimum atomic E-state index is -0.0296. The van der Waals surface area contributed by atoms with Gasteiger partial charge < -0.3 is 5.73 Å². The molecule has 60 valence electrons. The molecule has 0 bridgehead atoms. The van der Waals surface area contributed by atoms with E-state index >= 15 is 0 Å². The molecule has 0 aliphatic heterocycles. The summed E-state index contributed by atoms with van der Waals surface area (Å²) in [4.78, 5) is 5.87. The summed E-state index contributed by atoms with van der Waals surface area (Å²) >= 11 is 0. The Morgan fingerprint density at radius 1 is 1.36 bits per heavy atom. The van der Waals surface area contributed by atoms with Crippen LogP contribution in [0, 0.1) is 0 Å². The molecule has 1 atom stereocenters. The van der Waals surface area contributed by atoms with E-state index in [0.717, 1.165) is 5.56 Å². The number of nitrogens with two attached hydrogens (primary N) is 1. The van der Waals surface area contributed by atoms with Gasteiger partial charge >= 0.3 is 0 Å². The van der Waals surface area contributed by atoms with E-state index in [4.69, 9.17) is 5.73 Å². The molecule has 0 fully saturated rings. The van der Waals surface area contributed by atoms with E-state index < -0.39 is 0 Å². The van der Waals surface area contributed by atoms with Crippen molar-refractivity contribution in [3.05, 3.63) is 30.1 Å². The molecule has 0 aromatic carbocycles. The maximum atomic E-state index is 5.84. The van der Waals surface area contributed by atoms with Crippen molar-refractivity contribution in [1.29, 1.82) is 0 Å². The molecule has 3 heteroatoms. The topological polar surface area (TPSA) is 42.1 Å². The van der Waals surface area contributed by atoms with Crippen molar-refractivity contribution < 1.29 is 0 Å². The monoisotopic (exact) mass is 151 g/mol. The highest BCUT2D eigenvalue weighted by Crippen LogP contribution is 2.09. The minimum Gasteiger partial charge on any atom is -0.312 e. The highest BCUT2D eigenvalue weighted by Gasteiger charge is 2.05. The molecule has 11 heavy (non-hydrogen) atoms. The number of nitrogens with zero attached hydrogens (tertiary/aromatic N) is 2. The molecule has 1 heterocycles. The summed E-state index contributed by atoms with van der Waals surface area (Å²) < 4.78 is 0. The van der Waals surface area contributed by atoms with E-state index in [0.29, 0.717) is 0 Å². The lowest BCUT2D eigenvalue weighted by atomic mass is 10.2. The predicted molar refractivity (Wildman–Crippen MR) is 44.9 cm³/mol. The molecule has 0 aliphatic carbocycles. The van der Waals surface area contributed by atoms with Gasteiger partial charge in [0.05, 0.1) is 6.17 Å². The lowest BCUT2D eigenvalue weighted by Gasteiger charge is -2.19. The zero-order valence-corrected chi connectivity index (χ0v) is 6.86. The molecule has 0 saturated carbocycles. The molecule has 2 N–H and O–H groups in total. The highest BCUT2D eigenvalue weighted by atomic mass is 15.2. The maximum Gasteiger partial charge on any atom is 0.0831 e. The van der Waals surface area contributed by atoms with Gasteiger partial charge in [-0.2, -0.15) is 0 Å². The number of hydrogen-bond acceptors (Lipinski definition) is 3. The van der Waals surface area contributed by atoms with Gasteiger partial charge in [-0.05, 0) is 31.8 Å². The predicted octanol–water partition coefficient (Wildman–Crippen LogP) is 0.600. The average Bonchev–Trinajstić information content (AvgIpc) is 2.05. The number of rotatable bonds is 2. The lowest BCUT2D eigenvalue weighted by Crippen LogP contribution is -2.27. The summed E-state index contributed by atoms with van der Waals surface area (Å²) in [6, 6.07) is 3.84. The van der Waals surface area contributed by atoms with Crippen LogP contribution in [0.15, 0.2) is 24.5 Å². The largest absolute Gasteiger partial charge is 0.312 e. The van der Waals surface area contributed by atoms with Gasteiger partial charge in [-0.25, -0.2) is 0 Å². The Balaban J connectivity index is 2.77. The van der Waals surface area contributed by atoms with Gasteiger partial charge in [0.2, 0.25) is 0 Å². The van der Waals surface area contributed by atoms with Crippen molar-refractivity contribution in [2.45, 2.75) is 6.17 Å². The molecule has 1 rings (SSSR count). The van der Waals surface area contributed by atoms with E-state index in [1.54, 1.807) is 12.4 Å². The Morgan fingerprint density at radius 2 is 1.91 bits per heavy atom. The average molecular weight is 151 g/mol. The van der Waals surface area contributed by atoms with Crippen molar-refractivity contribution in [2.24, 2.45) is 5.73 Å². The molecular formula is C8H13N3. The summed E-state index contributed by atoms with van der Waals surface area (Å²) in [5.41, 5.74) is 6.92. The molecule has 0 amide bonds. The van der Waals surface area contributed by atoms with Gasteiger partial charge in [-0.3, -0.25) is 9.88 Å². The fourth-order valence-electron chi connectivity index (χ4n) is 0.859. The first kappa shape index (κ1) is 8.17. The van der Waals surface area contributed by atoms with Crippen LogP contribution in [-0.2, 0) is 0 Å². The lowest BCUT2D eigenvalue weighted by molar-refractivity contribution is 0.307. The number of pyridine rings is 1. The molecule has 0 radical (unpaired) electrons. The van der Waals surface area contributed by atoms with Crippen molar-refractivity contribution in [2.75, 3.05) is 14.1 Å². The van der Waals surface area contributed by atoms with E-state index in [-0.39, 0.29) is 6.17 Å². The standard InChI is InChI=1S/C8H13N3/c1-11(2)8(9)7-3-5-10-6-4-7/h3-6,8H,9H2,1-2H3. The van der Waals surface area contributed by atoms with Crippen LogP contribution in [0.4, 0.5) is 0 Å². The SMILES string of the molecule is CN(C)C(N)c1ccncc1. The third-order valence-corrected chi connectivity index (χ3v) is 1.60. The van der Waals surface area contributed by atoms with Crippen LogP contribution in [-0.4, -0.2) is 24.0 Å². The Hall–Kier alpha value is -0.930. The molecule has 0 spiro atoms. The van der Waals surface area contributed by atoms with Gasteiger partial charge in [-0.1, -0.05) is 0 Å². The van der Waals surface area contributed by atoms with Crippen LogP contribution in [0.1, 0.15) is 11.7 Å². The van der Waals surface area contributed by atoms with Crippen LogP contribution in [0.2, 0.25) is 0 Å². The molecule has 0 saturated heterocycles. The summed E-state index contributed by atoms with van der Waals surface area (Å²) in [6.45, 7) is 0. The zero-order chi connectivity index (χ0) is 8.27. The van der Waals surface area contributed by atoms with Crippen molar-refractivity contribution >= 4 is 0 Å². The third-order valence-electron chi connectivity index (χ3n) is 1.60. The Labute approximate surface area is 66.8 Å². The smallest absolute Gasteiger partial charge is 0.0831 e. The Bertz CT molecular complexity index is 208. The van der Waals surface area contributed by atoms with E-state index in [2.05, 4.69) is 4.98 Å². The second-order valence-corrected chi connectivity index (χ2v) is 2.69. The number of hydrogen-bond donors (Lipinski definition) is 1. The molecule has 1 unspecified atom stereocenters. The summed E-state index contributed by atoms with van der Waals surface area (Å²) in [6.07, 6.45) is 3.47. The normalized spacial score (nSPS) is 13.5. The highest BCUT2D eigenvalue weighted by molar-refractivity contribution is 5.13. The van der Waals surface area contributed by atoms with Gasteiger partial charge in [0.25, 0.3) is 0 Å². The van der Waals surface area contributed by atoms with Crippen LogP contribution in [0.5, 0.6) is 0 Å². The van der Waals surface area contributed by atoms with Gasteiger partial charge in [0, 0.05) is 12.4 Å². The first-order valence-corrected chi connectivity index (χ1v) is 3.54. The van der Waals surface area contributed by atoms with Crippen LogP contribution >= 0.6 is 0 Å². The second-order valence-electron chi connectivity index (χ2n) is 2.69. The Morgan fingerprint density at radius 3 is 2.36 bits per heavy atom. The van der Waals surface area contributed by atoms with Crippen LogP contribution in [0.3, 0.4) is 0 Å². The number of aromatic nitrogens is 1. The fourth-order valence-corrected chi connectivity index (χ4v) is 0.859. The van der Waals surface area contributed by atoms with Gasteiger partial charge in [0.15, 0.2) is 0 Å². The van der Waals surface area contributed by atoms with E-state index in [1.807, 2.05) is 31.1 Å². The summed E-state index contributed by atoms with van der Waals surface area (Å²) in [5.74, 6) is 0.